The second kappa shape index (κ2) is 5.97. The third-order valence-corrected chi connectivity index (χ3v) is 3.49. The second-order valence-electron chi connectivity index (χ2n) is 5.13. The smallest absolute Gasteiger partial charge is 0.255 e. The molecule has 4 nitrogen and oxygen atoms in total. The molecule has 5 heteroatoms. The van der Waals surface area contributed by atoms with Crippen molar-refractivity contribution in [3.63, 3.8) is 0 Å². The highest BCUT2D eigenvalue weighted by Gasteiger charge is 2.12. The van der Waals surface area contributed by atoms with Crippen LogP contribution in [0.5, 0.6) is 0 Å². The molecule has 3 aromatic rings. The standard InChI is InChI=1S/C17H16FN3O/c1-12-11-21-10-4-6-14(16(21)20-12)17(22)19-9-8-13-5-2-3-7-15(13)18/h2-7,10-11H,8-9H2,1H3,(H,19,22). The number of rotatable bonds is 4. The number of amides is 1. The number of pyridine rings is 1. The van der Waals surface area contributed by atoms with E-state index in [0.717, 1.165) is 5.69 Å². The van der Waals surface area contributed by atoms with Crippen LogP contribution in [0.4, 0.5) is 4.39 Å². The van der Waals surface area contributed by atoms with Gasteiger partial charge in [0.25, 0.3) is 5.91 Å². The van der Waals surface area contributed by atoms with Crippen molar-refractivity contribution in [2.45, 2.75) is 13.3 Å². The van der Waals surface area contributed by atoms with Gasteiger partial charge in [0.15, 0.2) is 0 Å². The van der Waals surface area contributed by atoms with E-state index >= 15 is 0 Å². The highest BCUT2D eigenvalue weighted by atomic mass is 19.1. The SMILES string of the molecule is Cc1cn2cccc(C(=O)NCCc3ccccc3F)c2n1. The van der Waals surface area contributed by atoms with Gasteiger partial charge in [0.1, 0.15) is 11.5 Å². The number of imidazole rings is 1. The monoisotopic (exact) mass is 297 g/mol. The fourth-order valence-electron chi connectivity index (χ4n) is 2.42. The van der Waals surface area contributed by atoms with Gasteiger partial charge in [-0.15, -0.1) is 0 Å². The molecule has 1 amide bonds. The lowest BCUT2D eigenvalue weighted by Crippen LogP contribution is -2.26. The first-order valence-electron chi connectivity index (χ1n) is 7.11. The largest absolute Gasteiger partial charge is 0.352 e. The minimum Gasteiger partial charge on any atom is -0.352 e. The summed E-state index contributed by atoms with van der Waals surface area (Å²) in [5.74, 6) is -0.449. The van der Waals surface area contributed by atoms with E-state index in [0.29, 0.717) is 29.7 Å². The number of carbonyl (C=O) groups excluding carboxylic acids is 1. The Balaban J connectivity index is 1.70. The van der Waals surface area contributed by atoms with E-state index in [2.05, 4.69) is 10.3 Å². The maximum atomic E-state index is 13.5. The van der Waals surface area contributed by atoms with Gasteiger partial charge in [-0.05, 0) is 37.1 Å². The lowest BCUT2D eigenvalue weighted by molar-refractivity contribution is 0.0955. The zero-order valence-electron chi connectivity index (χ0n) is 12.2. The maximum Gasteiger partial charge on any atom is 0.255 e. The fraction of sp³-hybridized carbons (Fsp3) is 0.176. The minimum atomic E-state index is -0.247. The van der Waals surface area contributed by atoms with Crippen LogP contribution in [-0.2, 0) is 6.42 Å². The van der Waals surface area contributed by atoms with Gasteiger partial charge in [-0.25, -0.2) is 9.37 Å². The molecule has 112 valence electrons. The average Bonchev–Trinajstić information content (AvgIpc) is 2.89. The molecule has 2 heterocycles. The third kappa shape index (κ3) is 2.83. The van der Waals surface area contributed by atoms with Crippen LogP contribution in [0, 0.1) is 12.7 Å². The molecule has 0 spiro atoms. The quantitative estimate of drug-likeness (QED) is 0.805. The molecule has 0 saturated carbocycles. The molecule has 0 bridgehead atoms. The van der Waals surface area contributed by atoms with E-state index in [-0.39, 0.29) is 11.7 Å². The molecule has 22 heavy (non-hydrogen) atoms. The Hall–Kier alpha value is -2.69. The fourth-order valence-corrected chi connectivity index (χ4v) is 2.42. The van der Waals surface area contributed by atoms with Crippen molar-refractivity contribution in [3.05, 3.63) is 71.4 Å². The number of hydrogen-bond donors (Lipinski definition) is 1. The van der Waals surface area contributed by atoms with Crippen molar-refractivity contribution in [3.8, 4) is 0 Å². The van der Waals surface area contributed by atoms with E-state index in [9.17, 15) is 9.18 Å². The molecular formula is C17H16FN3O. The predicted molar refractivity (Wildman–Crippen MR) is 82.4 cm³/mol. The first kappa shape index (κ1) is 14.3. The zero-order valence-corrected chi connectivity index (χ0v) is 12.2. The van der Waals surface area contributed by atoms with Crippen LogP contribution in [-0.4, -0.2) is 21.8 Å². The van der Waals surface area contributed by atoms with Gasteiger partial charge in [-0.2, -0.15) is 0 Å². The number of nitrogens with zero attached hydrogens (tertiary/aromatic N) is 2. The third-order valence-electron chi connectivity index (χ3n) is 3.49. The lowest BCUT2D eigenvalue weighted by atomic mass is 10.1. The molecule has 1 aromatic carbocycles. The van der Waals surface area contributed by atoms with Crippen molar-refractivity contribution >= 4 is 11.6 Å². The molecule has 0 fully saturated rings. The van der Waals surface area contributed by atoms with Crippen molar-refractivity contribution in [1.82, 2.24) is 14.7 Å². The lowest BCUT2D eigenvalue weighted by Gasteiger charge is -2.07. The number of benzene rings is 1. The molecule has 0 radical (unpaired) electrons. The van der Waals surface area contributed by atoms with Crippen LogP contribution in [0.2, 0.25) is 0 Å². The van der Waals surface area contributed by atoms with Crippen molar-refractivity contribution < 1.29 is 9.18 Å². The molecule has 0 aliphatic carbocycles. The number of nitrogens with one attached hydrogen (secondary N) is 1. The second-order valence-corrected chi connectivity index (χ2v) is 5.13. The van der Waals surface area contributed by atoms with Gasteiger partial charge in [0.2, 0.25) is 0 Å². The van der Waals surface area contributed by atoms with Crippen LogP contribution in [0.25, 0.3) is 5.65 Å². The zero-order chi connectivity index (χ0) is 15.5. The Labute approximate surface area is 127 Å². The van der Waals surface area contributed by atoms with Crippen LogP contribution in [0.15, 0.2) is 48.8 Å². The molecule has 0 aliphatic heterocycles. The van der Waals surface area contributed by atoms with Crippen LogP contribution in [0.1, 0.15) is 21.6 Å². The molecular weight excluding hydrogens is 281 g/mol. The predicted octanol–water partition coefficient (Wildman–Crippen LogP) is 2.75. The van der Waals surface area contributed by atoms with Crippen LogP contribution < -0.4 is 5.32 Å². The molecule has 0 atom stereocenters. The van der Waals surface area contributed by atoms with E-state index < -0.39 is 0 Å². The summed E-state index contributed by atoms with van der Waals surface area (Å²) in [6.07, 6.45) is 4.17. The molecule has 0 aliphatic rings. The number of hydrogen-bond acceptors (Lipinski definition) is 2. The molecule has 2 aromatic heterocycles. The molecule has 3 rings (SSSR count). The Kier molecular flexibility index (Phi) is 3.87. The van der Waals surface area contributed by atoms with Gasteiger partial charge >= 0.3 is 0 Å². The highest BCUT2D eigenvalue weighted by Crippen LogP contribution is 2.11. The Morgan fingerprint density at radius 3 is 2.91 bits per heavy atom. The summed E-state index contributed by atoms with van der Waals surface area (Å²) in [6.45, 7) is 2.26. The maximum absolute atomic E-state index is 13.5. The van der Waals surface area contributed by atoms with Gasteiger partial charge in [0.05, 0.1) is 11.3 Å². The van der Waals surface area contributed by atoms with Gasteiger partial charge in [-0.1, -0.05) is 18.2 Å². The van der Waals surface area contributed by atoms with Crippen molar-refractivity contribution in [1.29, 1.82) is 0 Å². The van der Waals surface area contributed by atoms with Crippen molar-refractivity contribution in [2.75, 3.05) is 6.54 Å². The Morgan fingerprint density at radius 2 is 2.09 bits per heavy atom. The van der Waals surface area contributed by atoms with Crippen LogP contribution in [0.3, 0.4) is 0 Å². The van der Waals surface area contributed by atoms with Crippen molar-refractivity contribution in [2.24, 2.45) is 0 Å². The summed E-state index contributed by atoms with van der Waals surface area (Å²) >= 11 is 0. The first-order chi connectivity index (χ1) is 10.6. The summed E-state index contributed by atoms with van der Waals surface area (Å²) in [5, 5.41) is 2.82. The number of fused-ring (bicyclic) bond motifs is 1. The minimum absolute atomic E-state index is 0.201. The van der Waals surface area contributed by atoms with Crippen LogP contribution >= 0.6 is 0 Å². The van der Waals surface area contributed by atoms with Gasteiger partial charge in [-0.3, -0.25) is 4.79 Å². The summed E-state index contributed by atoms with van der Waals surface area (Å²) in [6, 6.07) is 10.1. The van der Waals surface area contributed by atoms with E-state index in [1.807, 2.05) is 23.7 Å². The number of aryl methyl sites for hydroxylation is 1. The highest BCUT2D eigenvalue weighted by molar-refractivity contribution is 5.99. The molecule has 1 N–H and O–H groups in total. The number of aromatic nitrogens is 2. The summed E-state index contributed by atoms with van der Waals surface area (Å²) < 4.78 is 15.3. The van der Waals surface area contributed by atoms with E-state index in [4.69, 9.17) is 0 Å². The Bertz CT molecular complexity index is 826. The van der Waals surface area contributed by atoms with E-state index in [1.54, 1.807) is 30.3 Å². The number of halogens is 1. The molecule has 0 unspecified atom stereocenters. The topological polar surface area (TPSA) is 46.4 Å². The summed E-state index contributed by atoms with van der Waals surface area (Å²) in [5.41, 5.74) is 2.59. The normalized spacial score (nSPS) is 10.8. The van der Waals surface area contributed by atoms with E-state index in [1.165, 1.54) is 6.07 Å². The summed E-state index contributed by atoms with van der Waals surface area (Å²) in [7, 11) is 0. The number of carbonyl (C=O) groups is 1. The Morgan fingerprint density at radius 1 is 1.27 bits per heavy atom. The summed E-state index contributed by atoms with van der Waals surface area (Å²) in [4.78, 5) is 16.6. The average molecular weight is 297 g/mol. The molecule has 0 saturated heterocycles. The van der Waals surface area contributed by atoms with Gasteiger partial charge < -0.3 is 9.72 Å². The van der Waals surface area contributed by atoms with Gasteiger partial charge in [0, 0.05) is 18.9 Å². The first-order valence-corrected chi connectivity index (χ1v) is 7.11.